The molecule has 0 N–H and O–H groups in total. The van der Waals surface area contributed by atoms with Gasteiger partial charge in [0.25, 0.3) is 0 Å². The highest BCUT2D eigenvalue weighted by Crippen LogP contribution is 2.26. The first-order valence-electron chi connectivity index (χ1n) is 7.58. The molecule has 0 unspecified atom stereocenters. The summed E-state index contributed by atoms with van der Waals surface area (Å²) in [4.78, 5) is 11.4. The lowest BCUT2D eigenvalue weighted by Gasteiger charge is -2.14. The van der Waals surface area contributed by atoms with Crippen LogP contribution < -0.4 is 4.74 Å². The zero-order chi connectivity index (χ0) is 16.8. The van der Waals surface area contributed by atoms with Crippen LogP contribution in [0.5, 0.6) is 5.75 Å². The van der Waals surface area contributed by atoms with Gasteiger partial charge in [-0.05, 0) is 53.8 Å². The minimum Gasteiger partial charge on any atom is -0.489 e. The first-order chi connectivity index (χ1) is 11.0. The number of methoxy groups -OCH3 is 1. The molecule has 0 saturated carbocycles. The largest absolute Gasteiger partial charge is 0.489 e. The SMILES string of the molecule is COC(=O)c1ccc(COc2ccc(Cl)cc2CC(C)C)cc1. The van der Waals surface area contributed by atoms with Gasteiger partial charge < -0.3 is 9.47 Å². The van der Waals surface area contributed by atoms with Crippen molar-refractivity contribution in [2.45, 2.75) is 26.9 Å². The molecule has 0 aliphatic carbocycles. The maximum absolute atomic E-state index is 11.4. The summed E-state index contributed by atoms with van der Waals surface area (Å²) in [5, 5.41) is 0.718. The fraction of sp³-hybridized carbons (Fsp3) is 0.316. The molecular formula is C19H21ClO3. The fourth-order valence-corrected chi connectivity index (χ4v) is 2.50. The number of hydrogen-bond donors (Lipinski definition) is 0. The summed E-state index contributed by atoms with van der Waals surface area (Å²) in [6.45, 7) is 4.76. The van der Waals surface area contributed by atoms with Gasteiger partial charge >= 0.3 is 5.97 Å². The van der Waals surface area contributed by atoms with Gasteiger partial charge in [0.1, 0.15) is 12.4 Å². The van der Waals surface area contributed by atoms with Crippen molar-refractivity contribution in [1.29, 1.82) is 0 Å². The molecule has 0 saturated heterocycles. The lowest BCUT2D eigenvalue weighted by Crippen LogP contribution is -2.03. The second-order valence-electron chi connectivity index (χ2n) is 5.83. The Hall–Kier alpha value is -2.00. The van der Waals surface area contributed by atoms with Crippen LogP contribution in [0, 0.1) is 5.92 Å². The van der Waals surface area contributed by atoms with Gasteiger partial charge in [0.15, 0.2) is 0 Å². The van der Waals surface area contributed by atoms with Crippen molar-refractivity contribution in [2.75, 3.05) is 7.11 Å². The minimum absolute atomic E-state index is 0.339. The monoisotopic (exact) mass is 332 g/mol. The highest BCUT2D eigenvalue weighted by Gasteiger charge is 2.08. The highest BCUT2D eigenvalue weighted by atomic mass is 35.5. The van der Waals surface area contributed by atoms with E-state index in [2.05, 4.69) is 18.6 Å². The topological polar surface area (TPSA) is 35.5 Å². The molecular weight excluding hydrogens is 312 g/mol. The Balaban J connectivity index is 2.07. The Labute approximate surface area is 142 Å². The number of carbonyl (C=O) groups is 1. The second-order valence-corrected chi connectivity index (χ2v) is 6.26. The molecule has 122 valence electrons. The van der Waals surface area contributed by atoms with E-state index in [0.29, 0.717) is 18.1 Å². The van der Waals surface area contributed by atoms with Gasteiger partial charge in [-0.1, -0.05) is 37.6 Å². The summed E-state index contributed by atoms with van der Waals surface area (Å²) in [5.74, 6) is 1.03. The number of esters is 1. The summed E-state index contributed by atoms with van der Waals surface area (Å²) >= 11 is 6.08. The van der Waals surface area contributed by atoms with Gasteiger partial charge in [0.2, 0.25) is 0 Å². The first-order valence-corrected chi connectivity index (χ1v) is 7.96. The van der Waals surface area contributed by atoms with Crippen molar-refractivity contribution in [1.82, 2.24) is 0 Å². The average molecular weight is 333 g/mol. The van der Waals surface area contributed by atoms with E-state index >= 15 is 0 Å². The summed E-state index contributed by atoms with van der Waals surface area (Å²) in [5.41, 5.74) is 2.63. The molecule has 0 aromatic heterocycles. The Morgan fingerprint density at radius 3 is 2.43 bits per heavy atom. The number of carbonyl (C=O) groups excluding carboxylic acids is 1. The van der Waals surface area contributed by atoms with Gasteiger partial charge in [-0.15, -0.1) is 0 Å². The quantitative estimate of drug-likeness (QED) is 0.705. The molecule has 4 heteroatoms. The van der Waals surface area contributed by atoms with Crippen LogP contribution in [-0.4, -0.2) is 13.1 Å². The first kappa shape index (κ1) is 17.4. The van der Waals surface area contributed by atoms with Crippen molar-refractivity contribution in [2.24, 2.45) is 5.92 Å². The lowest BCUT2D eigenvalue weighted by atomic mass is 10.0. The maximum atomic E-state index is 11.4. The van der Waals surface area contributed by atoms with Gasteiger partial charge in [-0.3, -0.25) is 0 Å². The predicted octanol–water partition coefficient (Wildman–Crippen LogP) is 4.90. The van der Waals surface area contributed by atoms with Crippen LogP contribution in [0.1, 0.15) is 35.3 Å². The van der Waals surface area contributed by atoms with Crippen molar-refractivity contribution < 1.29 is 14.3 Å². The molecule has 0 radical (unpaired) electrons. The zero-order valence-electron chi connectivity index (χ0n) is 13.6. The Bertz CT molecular complexity index is 663. The number of rotatable bonds is 6. The van der Waals surface area contributed by atoms with Crippen molar-refractivity contribution in [3.8, 4) is 5.75 Å². The van der Waals surface area contributed by atoms with Gasteiger partial charge in [-0.2, -0.15) is 0 Å². The fourth-order valence-electron chi connectivity index (χ4n) is 2.30. The lowest BCUT2D eigenvalue weighted by molar-refractivity contribution is 0.0600. The van der Waals surface area contributed by atoms with E-state index in [1.54, 1.807) is 12.1 Å². The molecule has 2 rings (SSSR count). The predicted molar refractivity (Wildman–Crippen MR) is 92.1 cm³/mol. The number of ether oxygens (including phenoxy) is 2. The number of hydrogen-bond acceptors (Lipinski definition) is 3. The van der Waals surface area contributed by atoms with E-state index in [0.717, 1.165) is 28.3 Å². The molecule has 0 bridgehead atoms. The smallest absolute Gasteiger partial charge is 0.337 e. The third-order valence-electron chi connectivity index (χ3n) is 3.42. The van der Waals surface area contributed by atoms with Crippen molar-refractivity contribution >= 4 is 17.6 Å². The van der Waals surface area contributed by atoms with Crippen LogP contribution in [0.15, 0.2) is 42.5 Å². The van der Waals surface area contributed by atoms with Crippen LogP contribution in [0.25, 0.3) is 0 Å². The zero-order valence-corrected chi connectivity index (χ0v) is 14.4. The molecule has 3 nitrogen and oxygen atoms in total. The van der Waals surface area contributed by atoms with Crippen molar-refractivity contribution in [3.63, 3.8) is 0 Å². The van der Waals surface area contributed by atoms with Gasteiger partial charge in [0.05, 0.1) is 12.7 Å². The van der Waals surface area contributed by atoms with Gasteiger partial charge in [0, 0.05) is 5.02 Å². The summed E-state index contributed by atoms with van der Waals surface area (Å²) in [6, 6.07) is 12.9. The van der Waals surface area contributed by atoms with Crippen LogP contribution in [0.4, 0.5) is 0 Å². The van der Waals surface area contributed by atoms with E-state index in [4.69, 9.17) is 16.3 Å². The maximum Gasteiger partial charge on any atom is 0.337 e. The van der Waals surface area contributed by atoms with Gasteiger partial charge in [-0.25, -0.2) is 4.79 Å². The van der Waals surface area contributed by atoms with E-state index < -0.39 is 0 Å². The molecule has 2 aromatic rings. The van der Waals surface area contributed by atoms with E-state index in [9.17, 15) is 4.79 Å². The van der Waals surface area contributed by atoms with E-state index in [1.807, 2.05) is 30.3 Å². The van der Waals surface area contributed by atoms with E-state index in [1.165, 1.54) is 7.11 Å². The normalized spacial score (nSPS) is 10.7. The van der Waals surface area contributed by atoms with Crippen LogP contribution in [0.3, 0.4) is 0 Å². The Morgan fingerprint density at radius 2 is 1.83 bits per heavy atom. The Morgan fingerprint density at radius 1 is 1.13 bits per heavy atom. The molecule has 0 spiro atoms. The third kappa shape index (κ3) is 5.00. The average Bonchev–Trinajstić information content (AvgIpc) is 2.53. The van der Waals surface area contributed by atoms with Crippen LogP contribution in [-0.2, 0) is 17.8 Å². The second kappa shape index (κ2) is 8.02. The molecule has 0 amide bonds. The standard InChI is InChI=1S/C19H21ClO3/c1-13(2)10-16-11-17(20)8-9-18(16)23-12-14-4-6-15(7-5-14)19(21)22-3/h4-9,11,13H,10,12H2,1-3H3. The van der Waals surface area contributed by atoms with Crippen molar-refractivity contribution in [3.05, 3.63) is 64.2 Å². The summed E-state index contributed by atoms with van der Waals surface area (Å²) < 4.78 is 10.6. The number of benzene rings is 2. The Kier molecular flexibility index (Phi) is 6.05. The molecule has 23 heavy (non-hydrogen) atoms. The molecule has 0 aliphatic rings. The molecule has 0 fully saturated rings. The summed E-state index contributed by atoms with van der Waals surface area (Å²) in [7, 11) is 1.37. The molecule has 2 aromatic carbocycles. The highest BCUT2D eigenvalue weighted by molar-refractivity contribution is 6.30. The van der Waals surface area contributed by atoms with Crippen LogP contribution >= 0.6 is 11.6 Å². The molecule has 0 atom stereocenters. The third-order valence-corrected chi connectivity index (χ3v) is 3.66. The molecule has 0 aliphatic heterocycles. The molecule has 0 heterocycles. The minimum atomic E-state index is -0.339. The van der Waals surface area contributed by atoms with Crippen LogP contribution in [0.2, 0.25) is 5.02 Å². The van der Waals surface area contributed by atoms with E-state index in [-0.39, 0.29) is 5.97 Å². The summed E-state index contributed by atoms with van der Waals surface area (Å²) in [6.07, 6.45) is 0.914. The number of halogens is 1.